The summed E-state index contributed by atoms with van der Waals surface area (Å²) in [7, 11) is 0. The third kappa shape index (κ3) is 4.94. The Labute approximate surface area is 168 Å². The molecule has 0 bridgehead atoms. The van der Waals surface area contributed by atoms with E-state index in [1.807, 2.05) is 13.0 Å². The van der Waals surface area contributed by atoms with Crippen LogP contribution in [0.3, 0.4) is 0 Å². The lowest BCUT2D eigenvalue weighted by Gasteiger charge is -2.39. The van der Waals surface area contributed by atoms with Crippen molar-refractivity contribution in [1.82, 2.24) is 10.6 Å². The van der Waals surface area contributed by atoms with E-state index in [-0.39, 0.29) is 18.2 Å². The van der Waals surface area contributed by atoms with Gasteiger partial charge in [-0.3, -0.25) is 0 Å². The summed E-state index contributed by atoms with van der Waals surface area (Å²) in [6.07, 6.45) is 6.31. The SMILES string of the molecule is Cc1cc(F)ccc1N1CCCC(NC2CCCC2C2COCCN2)C1.Cl. The molecular weight excluding hydrogens is 365 g/mol. The smallest absolute Gasteiger partial charge is 0.123 e. The second-order valence-corrected chi connectivity index (χ2v) is 8.22. The van der Waals surface area contributed by atoms with Crippen molar-refractivity contribution < 1.29 is 9.13 Å². The first-order chi connectivity index (χ1) is 12.7. The van der Waals surface area contributed by atoms with E-state index in [9.17, 15) is 4.39 Å². The van der Waals surface area contributed by atoms with Gasteiger partial charge in [0.25, 0.3) is 0 Å². The van der Waals surface area contributed by atoms with Gasteiger partial charge in [0.1, 0.15) is 5.82 Å². The predicted molar refractivity (Wildman–Crippen MR) is 110 cm³/mol. The molecule has 3 aliphatic rings. The van der Waals surface area contributed by atoms with E-state index < -0.39 is 0 Å². The zero-order valence-electron chi connectivity index (χ0n) is 16.3. The van der Waals surface area contributed by atoms with E-state index in [0.717, 1.165) is 38.4 Å². The van der Waals surface area contributed by atoms with Gasteiger partial charge in [0.2, 0.25) is 0 Å². The number of piperidine rings is 1. The van der Waals surface area contributed by atoms with Gasteiger partial charge in [-0.1, -0.05) is 6.42 Å². The number of nitrogens with zero attached hydrogens (tertiary/aromatic N) is 1. The Bertz CT molecular complexity index is 611. The van der Waals surface area contributed by atoms with E-state index in [1.54, 1.807) is 12.1 Å². The van der Waals surface area contributed by atoms with Gasteiger partial charge in [0.15, 0.2) is 0 Å². The van der Waals surface area contributed by atoms with Crippen LogP contribution in [0.25, 0.3) is 0 Å². The van der Waals surface area contributed by atoms with Crippen molar-refractivity contribution in [1.29, 1.82) is 0 Å². The van der Waals surface area contributed by atoms with Crippen LogP contribution in [0.15, 0.2) is 18.2 Å². The summed E-state index contributed by atoms with van der Waals surface area (Å²) in [6.45, 7) is 6.78. The van der Waals surface area contributed by atoms with Crippen LogP contribution in [0.1, 0.15) is 37.7 Å². The summed E-state index contributed by atoms with van der Waals surface area (Å²) in [5, 5.41) is 7.65. The van der Waals surface area contributed by atoms with Crippen LogP contribution >= 0.6 is 12.4 Å². The first-order valence-electron chi connectivity index (χ1n) is 10.3. The number of hydrogen-bond donors (Lipinski definition) is 2. The highest BCUT2D eigenvalue weighted by atomic mass is 35.5. The highest BCUT2D eigenvalue weighted by molar-refractivity contribution is 5.85. The molecule has 4 atom stereocenters. The van der Waals surface area contributed by atoms with Crippen molar-refractivity contribution in [2.24, 2.45) is 5.92 Å². The molecule has 2 N–H and O–H groups in total. The van der Waals surface area contributed by atoms with Crippen LogP contribution in [0, 0.1) is 18.7 Å². The molecule has 6 heteroatoms. The molecule has 0 radical (unpaired) electrons. The predicted octanol–water partition coefficient (Wildman–Crippen LogP) is 3.27. The Morgan fingerprint density at radius 1 is 1.22 bits per heavy atom. The Morgan fingerprint density at radius 3 is 2.89 bits per heavy atom. The maximum absolute atomic E-state index is 13.4. The molecule has 2 saturated heterocycles. The molecule has 1 aromatic carbocycles. The number of benzene rings is 1. The van der Waals surface area contributed by atoms with Gasteiger partial charge in [-0.15, -0.1) is 12.4 Å². The summed E-state index contributed by atoms with van der Waals surface area (Å²) in [5.74, 6) is 0.534. The van der Waals surface area contributed by atoms with Gasteiger partial charge in [-0.2, -0.15) is 0 Å². The second-order valence-electron chi connectivity index (χ2n) is 8.22. The molecule has 0 amide bonds. The van der Waals surface area contributed by atoms with Crippen LogP contribution in [-0.4, -0.2) is 51.0 Å². The topological polar surface area (TPSA) is 36.5 Å². The summed E-state index contributed by atoms with van der Waals surface area (Å²) in [6, 6.07) is 6.78. The molecule has 1 saturated carbocycles. The molecule has 1 aromatic rings. The average molecular weight is 398 g/mol. The molecule has 0 aromatic heterocycles. The van der Waals surface area contributed by atoms with Crippen molar-refractivity contribution in [3.05, 3.63) is 29.6 Å². The van der Waals surface area contributed by atoms with Gasteiger partial charge >= 0.3 is 0 Å². The summed E-state index contributed by atoms with van der Waals surface area (Å²) in [4.78, 5) is 2.43. The van der Waals surface area contributed by atoms with Crippen LogP contribution in [-0.2, 0) is 4.74 Å². The standard InChI is InChI=1S/C21H32FN3O.ClH/c1-15-12-16(22)7-8-21(15)25-10-3-4-17(13-25)24-19-6-2-5-18(19)20-14-26-11-9-23-20;/h7-8,12,17-20,23-24H,2-6,9-11,13-14H2,1H3;1H. The number of aryl methyl sites for hydroxylation is 1. The van der Waals surface area contributed by atoms with E-state index in [0.29, 0.717) is 24.0 Å². The first-order valence-corrected chi connectivity index (χ1v) is 10.3. The number of anilines is 1. The van der Waals surface area contributed by atoms with Crippen LogP contribution < -0.4 is 15.5 Å². The lowest BCUT2D eigenvalue weighted by molar-refractivity contribution is 0.0515. The van der Waals surface area contributed by atoms with Crippen molar-refractivity contribution >= 4 is 18.1 Å². The normalized spacial score (nSPS) is 31.6. The van der Waals surface area contributed by atoms with Crippen molar-refractivity contribution in [2.45, 2.75) is 57.2 Å². The first kappa shape index (κ1) is 20.8. The number of ether oxygens (including phenoxy) is 1. The monoisotopic (exact) mass is 397 g/mol. The third-order valence-electron chi connectivity index (χ3n) is 6.41. The average Bonchev–Trinajstić information content (AvgIpc) is 3.11. The maximum atomic E-state index is 13.4. The molecular formula is C21H33ClFN3O. The molecule has 1 aliphatic carbocycles. The van der Waals surface area contributed by atoms with Crippen molar-refractivity contribution in [3.63, 3.8) is 0 Å². The molecule has 2 heterocycles. The minimum atomic E-state index is -0.145. The molecule has 27 heavy (non-hydrogen) atoms. The van der Waals surface area contributed by atoms with Crippen LogP contribution in [0.5, 0.6) is 0 Å². The maximum Gasteiger partial charge on any atom is 0.123 e. The Balaban J connectivity index is 0.00000210. The molecule has 0 spiro atoms. The fourth-order valence-electron chi connectivity index (χ4n) is 5.15. The van der Waals surface area contributed by atoms with Gasteiger partial charge in [-0.25, -0.2) is 4.39 Å². The number of morpholine rings is 1. The van der Waals surface area contributed by atoms with E-state index in [4.69, 9.17) is 4.74 Å². The summed E-state index contributed by atoms with van der Waals surface area (Å²) < 4.78 is 19.1. The van der Waals surface area contributed by atoms with Crippen LogP contribution in [0.2, 0.25) is 0 Å². The van der Waals surface area contributed by atoms with Crippen molar-refractivity contribution in [3.8, 4) is 0 Å². The zero-order chi connectivity index (χ0) is 17.9. The van der Waals surface area contributed by atoms with E-state index in [2.05, 4.69) is 15.5 Å². The van der Waals surface area contributed by atoms with Gasteiger partial charge < -0.3 is 20.3 Å². The molecule has 2 aliphatic heterocycles. The fraction of sp³-hybridized carbons (Fsp3) is 0.714. The third-order valence-corrected chi connectivity index (χ3v) is 6.41. The highest BCUT2D eigenvalue weighted by Gasteiger charge is 2.36. The highest BCUT2D eigenvalue weighted by Crippen LogP contribution is 2.31. The minimum absolute atomic E-state index is 0. The lowest BCUT2D eigenvalue weighted by atomic mass is 9.92. The molecule has 152 valence electrons. The number of hydrogen-bond acceptors (Lipinski definition) is 4. The number of halogens is 2. The Hall–Kier alpha value is -0.880. The lowest BCUT2D eigenvalue weighted by Crippen LogP contribution is -2.55. The number of nitrogens with one attached hydrogen (secondary N) is 2. The Kier molecular flexibility index (Phi) is 7.37. The molecule has 4 nitrogen and oxygen atoms in total. The second kappa shape index (κ2) is 9.55. The van der Waals surface area contributed by atoms with Crippen molar-refractivity contribution in [2.75, 3.05) is 37.7 Å². The quantitative estimate of drug-likeness (QED) is 0.817. The largest absolute Gasteiger partial charge is 0.379 e. The fourth-order valence-corrected chi connectivity index (χ4v) is 5.15. The van der Waals surface area contributed by atoms with E-state index >= 15 is 0 Å². The molecule has 4 unspecified atom stereocenters. The van der Waals surface area contributed by atoms with Gasteiger partial charge in [0.05, 0.1) is 13.2 Å². The van der Waals surface area contributed by atoms with Gasteiger partial charge in [0, 0.05) is 43.4 Å². The number of rotatable bonds is 4. The summed E-state index contributed by atoms with van der Waals surface area (Å²) >= 11 is 0. The molecule has 3 fully saturated rings. The van der Waals surface area contributed by atoms with E-state index in [1.165, 1.54) is 37.8 Å². The molecule has 4 rings (SSSR count). The van der Waals surface area contributed by atoms with Gasteiger partial charge in [-0.05, 0) is 62.3 Å². The minimum Gasteiger partial charge on any atom is -0.379 e. The zero-order valence-corrected chi connectivity index (χ0v) is 17.1. The summed E-state index contributed by atoms with van der Waals surface area (Å²) in [5.41, 5.74) is 2.22. The Morgan fingerprint density at radius 2 is 2.11 bits per heavy atom. The van der Waals surface area contributed by atoms with Crippen LogP contribution in [0.4, 0.5) is 10.1 Å².